The Bertz CT molecular complexity index is 2190. The largest absolute Gasteiger partial charge is 0.508 e. The summed E-state index contributed by atoms with van der Waals surface area (Å²) in [6.07, 6.45) is -18.1. The zero-order chi connectivity index (χ0) is 43.4. The first kappa shape index (κ1) is 43.7. The van der Waals surface area contributed by atoms with E-state index in [4.69, 9.17) is 37.9 Å². The molecule has 0 spiro atoms. The average Bonchev–Trinajstić information content (AvgIpc) is 3.20. The predicted octanol–water partition coefficient (Wildman–Crippen LogP) is -1.03. The summed E-state index contributed by atoms with van der Waals surface area (Å²) in [6.45, 7) is -1.34. The molecule has 0 saturated carbocycles. The minimum atomic E-state index is -1.96. The second-order valence-electron chi connectivity index (χ2n) is 13.7. The van der Waals surface area contributed by atoms with Gasteiger partial charge in [-0.3, -0.25) is 14.4 Å². The SMILES string of the molecule is O=C(O)CC(=O)OCC1OC(Oc2cc(=O)cc3oc(-c4ccc(O)cc4)c(OC4OC(COC(O)C=Cc5ccc(O)c(O)c5)C(O)C(O)C4O)cc2-3)C(O)C(O)C1O. The third-order valence-electron chi connectivity index (χ3n) is 9.33. The first-order valence-corrected chi connectivity index (χ1v) is 18.0. The van der Waals surface area contributed by atoms with E-state index in [0.717, 1.165) is 12.1 Å². The van der Waals surface area contributed by atoms with Gasteiger partial charge in [-0.1, -0.05) is 12.1 Å². The number of aromatic hydroxyl groups is 3. The van der Waals surface area contributed by atoms with E-state index < -0.39 is 110 Å². The number of fused-ring (bicyclic) bond motifs is 1. The van der Waals surface area contributed by atoms with E-state index in [1.807, 2.05) is 0 Å². The number of carbonyl (C=O) groups is 2. The van der Waals surface area contributed by atoms with Gasteiger partial charge in [-0.15, -0.1) is 0 Å². The summed E-state index contributed by atoms with van der Waals surface area (Å²) >= 11 is 0. The number of aliphatic hydroxyl groups excluding tert-OH is 7. The van der Waals surface area contributed by atoms with Crippen molar-refractivity contribution in [2.24, 2.45) is 0 Å². The van der Waals surface area contributed by atoms with Crippen LogP contribution in [0.15, 0.2) is 76.0 Å². The van der Waals surface area contributed by atoms with Crippen molar-refractivity contribution in [2.45, 2.75) is 74.1 Å². The molecule has 3 aliphatic heterocycles. The number of aliphatic carboxylic acids is 1. The molecule has 11 unspecified atom stereocenters. The van der Waals surface area contributed by atoms with Crippen molar-refractivity contribution in [3.05, 3.63) is 82.5 Å². The Labute approximate surface area is 337 Å². The van der Waals surface area contributed by atoms with Crippen LogP contribution < -0.4 is 14.9 Å². The van der Waals surface area contributed by atoms with Crippen molar-refractivity contribution in [1.29, 1.82) is 0 Å². The molecule has 3 heterocycles. The summed E-state index contributed by atoms with van der Waals surface area (Å²) in [4.78, 5) is 35.6. The Balaban J connectivity index is 1.27. The van der Waals surface area contributed by atoms with Crippen LogP contribution in [-0.2, 0) is 28.5 Å². The molecule has 2 saturated heterocycles. The quantitative estimate of drug-likeness (QED) is 0.0313. The number of rotatable bonds is 14. The lowest BCUT2D eigenvalue weighted by Gasteiger charge is -2.40. The van der Waals surface area contributed by atoms with Gasteiger partial charge in [0.15, 0.2) is 34.7 Å². The van der Waals surface area contributed by atoms with Gasteiger partial charge in [-0.25, -0.2) is 0 Å². The lowest BCUT2D eigenvalue weighted by Crippen LogP contribution is -2.60. The summed E-state index contributed by atoms with van der Waals surface area (Å²) in [6, 6.07) is 12.6. The van der Waals surface area contributed by atoms with Gasteiger partial charge < -0.3 is 89.0 Å². The molecule has 2 aromatic rings. The van der Waals surface area contributed by atoms with Gasteiger partial charge in [0.25, 0.3) is 0 Å². The highest BCUT2D eigenvalue weighted by molar-refractivity contribution is 5.90. The first-order chi connectivity index (χ1) is 28.5. The molecule has 0 bridgehead atoms. The van der Waals surface area contributed by atoms with Crippen molar-refractivity contribution in [2.75, 3.05) is 13.2 Å². The van der Waals surface area contributed by atoms with Crippen LogP contribution in [0.5, 0.6) is 28.7 Å². The zero-order valence-corrected chi connectivity index (χ0v) is 30.9. The predicted molar refractivity (Wildman–Crippen MR) is 197 cm³/mol. The topological polar surface area (TPSA) is 342 Å². The van der Waals surface area contributed by atoms with Crippen molar-refractivity contribution in [1.82, 2.24) is 0 Å². The number of carboxylic acid groups (broad SMARTS) is 1. The molecule has 21 nitrogen and oxygen atoms in total. The van der Waals surface area contributed by atoms with Crippen molar-refractivity contribution in [3.63, 3.8) is 0 Å². The van der Waals surface area contributed by atoms with E-state index in [1.54, 1.807) is 0 Å². The van der Waals surface area contributed by atoms with E-state index in [0.29, 0.717) is 5.56 Å². The van der Waals surface area contributed by atoms with Crippen LogP contribution in [0.4, 0.5) is 0 Å². The Hall–Kier alpha value is -5.85. The fourth-order valence-corrected chi connectivity index (χ4v) is 6.15. The highest BCUT2D eigenvalue weighted by Gasteiger charge is 2.47. The van der Waals surface area contributed by atoms with Crippen LogP contribution in [0.25, 0.3) is 28.7 Å². The summed E-state index contributed by atoms with van der Waals surface area (Å²) < 4.78 is 39.5. The number of phenols is 3. The molecule has 6 rings (SSSR count). The third kappa shape index (κ3) is 10.1. The van der Waals surface area contributed by atoms with Crippen molar-refractivity contribution in [3.8, 4) is 51.4 Å². The third-order valence-corrected chi connectivity index (χ3v) is 9.33. The van der Waals surface area contributed by atoms with Gasteiger partial charge in [-0.2, -0.15) is 0 Å². The Morgan fingerprint density at radius 1 is 0.717 bits per heavy atom. The molecule has 0 amide bonds. The number of esters is 1. The van der Waals surface area contributed by atoms with Crippen molar-refractivity contribution >= 4 is 18.0 Å². The number of hydrogen-bond acceptors (Lipinski definition) is 20. The number of carbonyl (C=O) groups excluding carboxylic acids is 1. The number of aliphatic hydroxyl groups is 7. The van der Waals surface area contributed by atoms with Gasteiger partial charge in [0.2, 0.25) is 12.6 Å². The lowest BCUT2D eigenvalue weighted by molar-refractivity contribution is -0.284. The molecule has 1 aliphatic carbocycles. The normalized spacial score (nSPS) is 27.4. The second-order valence-corrected chi connectivity index (χ2v) is 13.7. The van der Waals surface area contributed by atoms with Gasteiger partial charge in [0.05, 0.1) is 12.2 Å². The van der Waals surface area contributed by atoms with Gasteiger partial charge >= 0.3 is 11.9 Å². The Kier molecular flexibility index (Phi) is 13.6. The number of phenolic OH excluding ortho intramolecular Hbond substituents is 3. The second kappa shape index (κ2) is 18.6. The zero-order valence-electron chi connectivity index (χ0n) is 30.9. The monoisotopic (exact) mass is 844 g/mol. The molecule has 0 radical (unpaired) electrons. The maximum absolute atomic E-state index is 12.9. The van der Waals surface area contributed by atoms with E-state index in [1.165, 1.54) is 60.7 Å². The minimum absolute atomic E-state index is 0.0596. The Morgan fingerprint density at radius 3 is 1.95 bits per heavy atom. The molecular formula is C39H40O21. The van der Waals surface area contributed by atoms with E-state index in [2.05, 4.69) is 0 Å². The van der Waals surface area contributed by atoms with E-state index in [-0.39, 0.29) is 45.6 Å². The highest BCUT2D eigenvalue weighted by Crippen LogP contribution is 2.43. The van der Waals surface area contributed by atoms with Gasteiger partial charge in [-0.05, 0) is 54.1 Å². The van der Waals surface area contributed by atoms with Crippen LogP contribution in [0.3, 0.4) is 0 Å². The van der Waals surface area contributed by atoms with Crippen LogP contribution >= 0.6 is 0 Å². The maximum Gasteiger partial charge on any atom is 0.317 e. The number of benzene rings is 3. The standard InChI is InChI=1S/C39H40O21/c40-18-5-3-17(4-6-18)37-25(58-39-36(53)34(51)31(48)26(60-39)14-54-29(46)8-2-16-1-7-21(42)22(43)9-16)12-20-23(56-37)10-19(41)11-24(20)57-38-35(52)33(50)32(49)27(59-38)15-55-30(47)13-28(44)45/h1-12,26-27,29,31-36,38-40,42-43,46,48-53H,13-15H2,(H,44,45). The summed E-state index contributed by atoms with van der Waals surface area (Å²) in [5, 5.41) is 113. The average molecular weight is 845 g/mol. The summed E-state index contributed by atoms with van der Waals surface area (Å²) in [5.41, 5.74) is -0.120. The molecule has 11 N–H and O–H groups in total. The fourth-order valence-electron chi connectivity index (χ4n) is 6.15. The molecule has 21 heteroatoms. The first-order valence-electron chi connectivity index (χ1n) is 18.0. The summed E-state index contributed by atoms with van der Waals surface area (Å²) in [7, 11) is 0. The smallest absolute Gasteiger partial charge is 0.317 e. The summed E-state index contributed by atoms with van der Waals surface area (Å²) in [5.74, 6) is -4.45. The minimum Gasteiger partial charge on any atom is -0.508 e. The molecule has 322 valence electrons. The fraction of sp³-hybridized carbons (Fsp3) is 0.359. The molecule has 0 aromatic heterocycles. The van der Waals surface area contributed by atoms with Crippen LogP contribution in [-0.4, -0.2) is 149 Å². The molecule has 60 heavy (non-hydrogen) atoms. The van der Waals surface area contributed by atoms with Crippen LogP contribution in [0, 0.1) is 0 Å². The highest BCUT2D eigenvalue weighted by atomic mass is 16.7. The van der Waals surface area contributed by atoms with E-state index in [9.17, 15) is 65.4 Å². The molecule has 4 aliphatic rings. The molecular weight excluding hydrogens is 804 g/mol. The van der Waals surface area contributed by atoms with Gasteiger partial charge in [0.1, 0.15) is 79.1 Å². The van der Waals surface area contributed by atoms with E-state index >= 15 is 0 Å². The molecule has 2 aromatic carbocycles. The number of ether oxygens (including phenoxy) is 6. The van der Waals surface area contributed by atoms with Crippen molar-refractivity contribution < 1.29 is 98.6 Å². The van der Waals surface area contributed by atoms with Crippen LogP contribution in [0.1, 0.15) is 12.0 Å². The maximum atomic E-state index is 12.9. The van der Waals surface area contributed by atoms with Gasteiger partial charge in [0, 0.05) is 17.7 Å². The number of hydrogen-bond donors (Lipinski definition) is 11. The number of carboxylic acids is 1. The molecule has 2 fully saturated rings. The molecule has 11 atom stereocenters. The Morgan fingerprint density at radius 2 is 1.33 bits per heavy atom. The van der Waals surface area contributed by atoms with Crippen LogP contribution in [0.2, 0.25) is 0 Å². The lowest BCUT2D eigenvalue weighted by atomic mass is 9.99.